The Bertz CT molecular complexity index is 758. The quantitative estimate of drug-likeness (QED) is 0.890. The summed E-state index contributed by atoms with van der Waals surface area (Å²) >= 11 is 0. The molecule has 2 heterocycles. The molecule has 0 saturated carbocycles. The molecule has 0 aliphatic heterocycles. The number of carbonyl (C=O) groups excluding carboxylic acids is 1. The molecule has 136 valence electrons. The third kappa shape index (κ3) is 4.11. The fraction of sp³-hybridized carbons (Fsp3) is 0.632. The Labute approximate surface area is 148 Å². The summed E-state index contributed by atoms with van der Waals surface area (Å²) in [5, 5.41) is 7.09. The van der Waals surface area contributed by atoms with Crippen molar-refractivity contribution in [1.29, 1.82) is 0 Å². The number of nitrogens with zero attached hydrogens (tertiary/aromatic N) is 2. The molecule has 0 radical (unpaired) electrons. The molecular formula is C19H27N3O3. The van der Waals surface area contributed by atoms with Gasteiger partial charge in [0.15, 0.2) is 5.82 Å². The Hall–Kier alpha value is -2.11. The first kappa shape index (κ1) is 17.7. The van der Waals surface area contributed by atoms with Gasteiger partial charge in [-0.2, -0.15) is 4.98 Å². The Morgan fingerprint density at radius 1 is 1.44 bits per heavy atom. The van der Waals surface area contributed by atoms with E-state index in [1.54, 1.807) is 0 Å². The highest BCUT2D eigenvalue weighted by Crippen LogP contribution is 2.42. The van der Waals surface area contributed by atoms with Crippen LogP contribution in [-0.4, -0.2) is 16.0 Å². The maximum Gasteiger partial charge on any atom is 0.227 e. The van der Waals surface area contributed by atoms with Gasteiger partial charge in [-0.1, -0.05) is 32.9 Å². The summed E-state index contributed by atoms with van der Waals surface area (Å²) in [6, 6.07) is 2.04. The average molecular weight is 345 g/mol. The van der Waals surface area contributed by atoms with Gasteiger partial charge in [0.25, 0.3) is 0 Å². The number of furan rings is 1. The summed E-state index contributed by atoms with van der Waals surface area (Å²) in [5.41, 5.74) is 1.22. The van der Waals surface area contributed by atoms with Crippen LogP contribution in [0.3, 0.4) is 0 Å². The molecule has 0 fully saturated rings. The molecular weight excluding hydrogens is 318 g/mol. The maximum atomic E-state index is 12.4. The molecule has 0 saturated heterocycles. The highest BCUT2D eigenvalue weighted by Gasteiger charge is 2.35. The third-order valence-electron chi connectivity index (χ3n) is 4.64. The lowest BCUT2D eigenvalue weighted by atomic mass is 9.74. The molecule has 2 aromatic rings. The number of hydrogen-bond acceptors (Lipinski definition) is 5. The molecule has 0 aromatic carbocycles. The average Bonchev–Trinajstić information content (AvgIpc) is 3.10. The van der Waals surface area contributed by atoms with Gasteiger partial charge in [-0.05, 0) is 24.8 Å². The summed E-state index contributed by atoms with van der Waals surface area (Å²) < 4.78 is 11.0. The number of hydrogen-bond donors (Lipinski definition) is 1. The maximum absolute atomic E-state index is 12.4. The van der Waals surface area contributed by atoms with Crippen molar-refractivity contribution >= 4 is 5.91 Å². The van der Waals surface area contributed by atoms with Gasteiger partial charge in [-0.15, -0.1) is 0 Å². The van der Waals surface area contributed by atoms with Crippen molar-refractivity contribution in [2.45, 2.75) is 72.3 Å². The van der Waals surface area contributed by atoms with Gasteiger partial charge < -0.3 is 14.3 Å². The molecule has 0 spiro atoms. The number of rotatable bonds is 5. The van der Waals surface area contributed by atoms with E-state index in [9.17, 15) is 4.79 Å². The first-order valence-electron chi connectivity index (χ1n) is 8.94. The van der Waals surface area contributed by atoms with Gasteiger partial charge in [-0.3, -0.25) is 4.79 Å². The van der Waals surface area contributed by atoms with Crippen LogP contribution in [0.5, 0.6) is 0 Å². The summed E-state index contributed by atoms with van der Waals surface area (Å²) in [6.07, 6.45) is 2.60. The number of carbonyl (C=O) groups is 1. The van der Waals surface area contributed by atoms with Crippen LogP contribution in [0.4, 0.5) is 0 Å². The summed E-state index contributed by atoms with van der Waals surface area (Å²) in [6.45, 7) is 10.4. The van der Waals surface area contributed by atoms with Crippen molar-refractivity contribution < 1.29 is 13.7 Å². The minimum absolute atomic E-state index is 0.00221. The minimum atomic E-state index is -0.00296. The van der Waals surface area contributed by atoms with E-state index in [4.69, 9.17) is 8.94 Å². The van der Waals surface area contributed by atoms with E-state index >= 15 is 0 Å². The fourth-order valence-electron chi connectivity index (χ4n) is 3.40. The Morgan fingerprint density at radius 2 is 2.20 bits per heavy atom. The predicted octanol–water partition coefficient (Wildman–Crippen LogP) is 3.86. The topological polar surface area (TPSA) is 81.2 Å². The first-order chi connectivity index (χ1) is 11.7. The molecule has 1 N–H and O–H groups in total. The van der Waals surface area contributed by atoms with Crippen LogP contribution < -0.4 is 5.32 Å². The van der Waals surface area contributed by atoms with E-state index in [0.29, 0.717) is 24.6 Å². The Morgan fingerprint density at radius 3 is 2.88 bits per heavy atom. The zero-order valence-electron chi connectivity index (χ0n) is 15.7. The van der Waals surface area contributed by atoms with Gasteiger partial charge in [0.1, 0.15) is 11.5 Å². The van der Waals surface area contributed by atoms with Crippen molar-refractivity contribution in [1.82, 2.24) is 15.5 Å². The molecule has 3 rings (SSSR count). The molecule has 1 atom stereocenters. The van der Waals surface area contributed by atoms with Crippen molar-refractivity contribution in [3.8, 4) is 0 Å². The van der Waals surface area contributed by atoms with Crippen LogP contribution in [-0.2, 0) is 17.6 Å². The zero-order chi connectivity index (χ0) is 18.2. The summed E-state index contributed by atoms with van der Waals surface area (Å²) in [4.78, 5) is 16.7. The number of aryl methyl sites for hydroxylation is 2. The zero-order valence-corrected chi connectivity index (χ0v) is 15.7. The lowest BCUT2D eigenvalue weighted by molar-refractivity contribution is -0.122. The van der Waals surface area contributed by atoms with Gasteiger partial charge in [0.05, 0.1) is 6.04 Å². The third-order valence-corrected chi connectivity index (χ3v) is 4.64. The highest BCUT2D eigenvalue weighted by molar-refractivity contribution is 5.76. The molecule has 0 bridgehead atoms. The van der Waals surface area contributed by atoms with Crippen LogP contribution in [0.25, 0.3) is 0 Å². The van der Waals surface area contributed by atoms with Crippen molar-refractivity contribution in [3.05, 3.63) is 34.9 Å². The fourth-order valence-corrected chi connectivity index (χ4v) is 3.40. The van der Waals surface area contributed by atoms with E-state index in [1.165, 1.54) is 0 Å². The van der Waals surface area contributed by atoms with Crippen molar-refractivity contribution in [3.63, 3.8) is 0 Å². The molecule has 2 aromatic heterocycles. The normalized spacial score (nSPS) is 19.0. The lowest BCUT2D eigenvalue weighted by Crippen LogP contribution is -2.36. The molecule has 1 amide bonds. The second kappa shape index (κ2) is 6.65. The second-order valence-corrected chi connectivity index (χ2v) is 8.10. The van der Waals surface area contributed by atoms with Crippen LogP contribution in [0, 0.1) is 12.3 Å². The minimum Gasteiger partial charge on any atom is -0.466 e. The number of amides is 1. The standard InChI is InChI=1S/C19H27N3O3/c1-11(2)18-21-17(25-22-18)7-6-16(23)20-14-9-19(4,5)10-15-13(14)8-12(3)24-15/h8,11,14H,6-7,9-10H2,1-5H3,(H,20,23)/t14-/m0/s1. The molecule has 6 nitrogen and oxygen atoms in total. The van der Waals surface area contributed by atoms with Gasteiger partial charge in [0, 0.05) is 30.7 Å². The van der Waals surface area contributed by atoms with Gasteiger partial charge >= 0.3 is 0 Å². The number of fused-ring (bicyclic) bond motifs is 1. The smallest absolute Gasteiger partial charge is 0.227 e. The van der Waals surface area contributed by atoms with E-state index in [1.807, 2.05) is 26.8 Å². The summed E-state index contributed by atoms with van der Waals surface area (Å²) in [5.74, 6) is 3.31. The van der Waals surface area contributed by atoms with Crippen LogP contribution in [0.15, 0.2) is 15.0 Å². The van der Waals surface area contributed by atoms with E-state index < -0.39 is 0 Å². The molecule has 1 aliphatic rings. The van der Waals surface area contributed by atoms with Crippen molar-refractivity contribution in [2.75, 3.05) is 0 Å². The second-order valence-electron chi connectivity index (χ2n) is 8.10. The molecule has 6 heteroatoms. The first-order valence-corrected chi connectivity index (χ1v) is 8.94. The van der Waals surface area contributed by atoms with Crippen molar-refractivity contribution in [2.24, 2.45) is 5.41 Å². The van der Waals surface area contributed by atoms with E-state index in [0.717, 1.165) is 29.9 Å². The SMILES string of the molecule is Cc1cc2c(o1)CC(C)(C)C[C@@H]2NC(=O)CCc1nc(C(C)C)no1. The molecule has 25 heavy (non-hydrogen) atoms. The Balaban J connectivity index is 1.62. The molecule has 1 aliphatic carbocycles. The van der Waals surface area contributed by atoms with E-state index in [2.05, 4.69) is 29.3 Å². The monoisotopic (exact) mass is 345 g/mol. The van der Waals surface area contributed by atoms with Gasteiger partial charge in [0.2, 0.25) is 11.8 Å². The van der Waals surface area contributed by atoms with E-state index in [-0.39, 0.29) is 23.3 Å². The highest BCUT2D eigenvalue weighted by atomic mass is 16.5. The lowest BCUT2D eigenvalue weighted by Gasteiger charge is -2.34. The predicted molar refractivity (Wildman–Crippen MR) is 93.1 cm³/mol. The molecule has 0 unspecified atom stereocenters. The van der Waals surface area contributed by atoms with Crippen LogP contribution in [0.2, 0.25) is 0 Å². The van der Waals surface area contributed by atoms with Gasteiger partial charge in [-0.25, -0.2) is 0 Å². The summed E-state index contributed by atoms with van der Waals surface area (Å²) in [7, 11) is 0. The van der Waals surface area contributed by atoms with Crippen LogP contribution in [0.1, 0.15) is 81.3 Å². The largest absolute Gasteiger partial charge is 0.466 e. The Kier molecular flexibility index (Phi) is 4.71. The number of aromatic nitrogens is 2. The number of nitrogens with one attached hydrogen (secondary N) is 1. The van der Waals surface area contributed by atoms with Crippen LogP contribution >= 0.6 is 0 Å².